The Kier molecular flexibility index (Phi) is 9.21. The van der Waals surface area contributed by atoms with Gasteiger partial charge in [0.1, 0.15) is 0 Å². The van der Waals surface area contributed by atoms with Crippen LogP contribution in [0.25, 0.3) is 90.9 Å². The van der Waals surface area contributed by atoms with E-state index in [-0.39, 0.29) is 0 Å². The predicted molar refractivity (Wildman–Crippen MR) is 251 cm³/mol. The molecule has 0 fully saturated rings. The first-order chi connectivity index (χ1) is 28.4. The minimum absolute atomic E-state index is 0.828. The van der Waals surface area contributed by atoms with E-state index < -0.39 is 0 Å². The third kappa shape index (κ3) is 6.54. The van der Waals surface area contributed by atoms with Gasteiger partial charge in [-0.2, -0.15) is 0 Å². The third-order valence-corrected chi connectivity index (χ3v) is 11.9. The van der Waals surface area contributed by atoms with Gasteiger partial charge in [0.15, 0.2) is 0 Å². The number of aromatic amines is 2. The zero-order valence-electron chi connectivity index (χ0n) is 35.4. The van der Waals surface area contributed by atoms with Crippen LogP contribution in [0.4, 0.5) is 0 Å². The molecule has 0 unspecified atom stereocenters. The number of benzene rings is 4. The number of aromatic nitrogens is 4. The van der Waals surface area contributed by atoms with Crippen molar-refractivity contribution in [1.82, 2.24) is 19.9 Å². The van der Waals surface area contributed by atoms with Crippen molar-refractivity contribution in [2.45, 2.75) is 62.3 Å². The van der Waals surface area contributed by atoms with Crippen LogP contribution in [0.3, 0.4) is 0 Å². The molecule has 3 aromatic heterocycles. The van der Waals surface area contributed by atoms with Crippen LogP contribution in [-0.4, -0.2) is 19.9 Å². The summed E-state index contributed by atoms with van der Waals surface area (Å²) in [4.78, 5) is 19.0. The van der Waals surface area contributed by atoms with E-state index in [1.807, 2.05) is 12.1 Å². The van der Waals surface area contributed by atoms with Crippen molar-refractivity contribution in [2.24, 2.45) is 0 Å². The van der Waals surface area contributed by atoms with Gasteiger partial charge in [0.05, 0.1) is 22.8 Å². The molecule has 0 radical (unpaired) electrons. The molecular formula is C55H48N4. The Labute approximate surface area is 347 Å². The predicted octanol–water partition coefficient (Wildman–Crippen LogP) is 14.1. The summed E-state index contributed by atoms with van der Waals surface area (Å²) in [5.74, 6) is 2.78. The molecule has 4 heteroatoms. The van der Waals surface area contributed by atoms with Crippen molar-refractivity contribution < 1.29 is 0 Å². The Morgan fingerprint density at radius 3 is 1.02 bits per heavy atom. The van der Waals surface area contributed by atoms with Gasteiger partial charge < -0.3 is 9.97 Å². The van der Waals surface area contributed by atoms with Crippen molar-refractivity contribution in [1.29, 1.82) is 0 Å². The molecule has 59 heavy (non-hydrogen) atoms. The Bertz CT molecular complexity index is 2960. The zero-order valence-corrected chi connectivity index (χ0v) is 35.4. The summed E-state index contributed by atoms with van der Waals surface area (Å²) in [6.45, 7) is 19.8. The molecule has 7 aromatic rings. The average Bonchev–Trinajstić information content (AvgIpc) is 4.02. The van der Waals surface area contributed by atoms with Crippen molar-refractivity contribution in [3.05, 3.63) is 163 Å². The van der Waals surface area contributed by atoms with Gasteiger partial charge in [-0.05, 0) is 179 Å². The molecule has 0 aliphatic carbocycles. The minimum Gasteiger partial charge on any atom is -0.354 e. The van der Waals surface area contributed by atoms with E-state index in [9.17, 15) is 0 Å². The van der Waals surface area contributed by atoms with E-state index in [1.54, 1.807) is 0 Å². The highest BCUT2D eigenvalue weighted by Crippen LogP contribution is 2.42. The zero-order chi connectivity index (χ0) is 41.3. The van der Waals surface area contributed by atoms with Gasteiger partial charge >= 0.3 is 0 Å². The van der Waals surface area contributed by atoms with Crippen LogP contribution in [0, 0.1) is 74.7 Å². The van der Waals surface area contributed by atoms with E-state index in [4.69, 9.17) is 16.4 Å². The number of fused-ring (bicyclic) bond motifs is 8. The van der Waals surface area contributed by atoms with Crippen LogP contribution in [0.2, 0.25) is 0 Å². The summed E-state index contributed by atoms with van der Waals surface area (Å²) >= 11 is 0. The smallest absolute Gasteiger partial charge is 0.0738 e. The quantitative estimate of drug-likeness (QED) is 0.175. The van der Waals surface area contributed by atoms with Crippen LogP contribution in [0.5, 0.6) is 0 Å². The second-order valence-electron chi connectivity index (χ2n) is 16.5. The summed E-state index contributed by atoms with van der Waals surface area (Å²) in [6, 6.07) is 30.7. The van der Waals surface area contributed by atoms with E-state index in [0.29, 0.717) is 0 Å². The lowest BCUT2D eigenvalue weighted by molar-refractivity contribution is 1.26. The Morgan fingerprint density at radius 2 is 0.678 bits per heavy atom. The number of hydrogen-bond donors (Lipinski definition) is 2. The lowest BCUT2D eigenvalue weighted by Gasteiger charge is -2.14. The molecule has 4 aromatic carbocycles. The summed E-state index contributed by atoms with van der Waals surface area (Å²) in [5, 5.41) is 0. The van der Waals surface area contributed by atoms with Crippen molar-refractivity contribution >= 4 is 46.4 Å². The fourth-order valence-corrected chi connectivity index (χ4v) is 9.75. The van der Waals surface area contributed by atoms with Crippen molar-refractivity contribution in [3.63, 3.8) is 0 Å². The second-order valence-corrected chi connectivity index (χ2v) is 16.5. The molecule has 0 atom stereocenters. The number of aryl methyl sites for hydroxylation is 9. The fourth-order valence-electron chi connectivity index (χ4n) is 9.75. The van der Waals surface area contributed by atoms with E-state index in [1.165, 1.54) is 66.8 Å². The lowest BCUT2D eigenvalue weighted by Crippen LogP contribution is -1.95. The molecule has 4 nitrogen and oxygen atoms in total. The molecule has 0 amide bonds. The largest absolute Gasteiger partial charge is 0.354 e. The number of H-pyrrole nitrogens is 2. The number of rotatable bonds is 4. The van der Waals surface area contributed by atoms with Crippen LogP contribution < -0.4 is 0 Å². The molecule has 5 heterocycles. The molecule has 9 rings (SSSR count). The monoisotopic (exact) mass is 765 g/mol. The summed E-state index contributed by atoms with van der Waals surface area (Å²) in [5.41, 5.74) is 28.1. The van der Waals surface area contributed by atoms with Crippen LogP contribution >= 0.6 is 0 Å². The maximum atomic E-state index is 5.82. The number of terminal acetylenes is 1. The van der Waals surface area contributed by atoms with Gasteiger partial charge in [-0.25, -0.2) is 9.97 Å². The van der Waals surface area contributed by atoms with Crippen molar-refractivity contribution in [2.75, 3.05) is 0 Å². The van der Waals surface area contributed by atoms with Gasteiger partial charge in [-0.1, -0.05) is 71.1 Å². The second kappa shape index (κ2) is 14.5. The Morgan fingerprint density at radius 1 is 0.373 bits per heavy atom. The highest BCUT2D eigenvalue weighted by Gasteiger charge is 2.22. The normalized spacial score (nSPS) is 12.0. The minimum atomic E-state index is 0.828. The summed E-state index contributed by atoms with van der Waals surface area (Å²) in [7, 11) is 0. The number of nitrogens with zero attached hydrogens (tertiary/aromatic N) is 2. The molecule has 288 valence electrons. The molecular weight excluding hydrogens is 718 g/mol. The lowest BCUT2D eigenvalue weighted by atomic mass is 9.92. The standard InChI is InChI=1S/C55H48N4/c1-11-39-12-14-40(15-13-39)52-41-16-18-43(56-41)53(49-33(5)24-30(2)25-34(49)6)45-20-22-47(58-45)55(51-37(9)28-32(4)29-38(51)10)48-23-21-46(59-48)54(44-19-17-42(52)57-44)50-35(7)26-31(3)27-36(50)8/h1,12-29,58-59H,2-10H3/i52+1. The van der Waals surface area contributed by atoms with Gasteiger partial charge in [0.2, 0.25) is 0 Å². The van der Waals surface area contributed by atoms with Crippen LogP contribution in [-0.2, 0) is 0 Å². The van der Waals surface area contributed by atoms with Crippen LogP contribution in [0.1, 0.15) is 78.4 Å². The summed E-state index contributed by atoms with van der Waals surface area (Å²) in [6.07, 6.45) is 14.4. The number of nitrogens with one attached hydrogen (secondary N) is 2. The highest BCUT2D eigenvalue weighted by molar-refractivity contribution is 6.02. The SMILES string of the molecule is C#Cc1ccc(-[13c]2c3nc(c(-c4c(C)cc(C)cc4C)c4ccc([nH]4)c(-c4c(C)cc(C)cc4C)c4ccc([nH]4)c(-c4c(C)cc(C)cc4C)c4nc2C=C4)C=C3)cc1. The van der Waals surface area contributed by atoms with E-state index >= 15 is 0 Å². The highest BCUT2D eigenvalue weighted by atomic mass is 14.8. The molecule has 0 saturated heterocycles. The molecule has 0 spiro atoms. The topological polar surface area (TPSA) is 57.4 Å². The van der Waals surface area contributed by atoms with Gasteiger partial charge in [-0.15, -0.1) is 6.42 Å². The van der Waals surface area contributed by atoms with Crippen LogP contribution in [0.15, 0.2) is 84.9 Å². The molecule has 2 aliphatic rings. The van der Waals surface area contributed by atoms with Crippen molar-refractivity contribution in [3.8, 4) is 56.9 Å². The average molecular weight is 766 g/mol. The maximum Gasteiger partial charge on any atom is 0.0738 e. The number of hydrogen-bond acceptors (Lipinski definition) is 2. The Hall–Kier alpha value is -6.96. The molecule has 0 saturated carbocycles. The van der Waals surface area contributed by atoms with E-state index in [2.05, 4.69) is 175 Å². The molecule has 2 aliphatic heterocycles. The van der Waals surface area contributed by atoms with Gasteiger partial charge in [0.25, 0.3) is 0 Å². The summed E-state index contributed by atoms with van der Waals surface area (Å²) < 4.78 is 0. The van der Waals surface area contributed by atoms with E-state index in [0.717, 1.165) is 78.2 Å². The third-order valence-electron chi connectivity index (χ3n) is 11.9. The molecule has 8 bridgehead atoms. The fraction of sp³-hybridized carbons (Fsp3) is 0.164. The Balaban J connectivity index is 1.52. The first kappa shape index (κ1) is 37.6. The first-order valence-corrected chi connectivity index (χ1v) is 20.4. The first-order valence-electron chi connectivity index (χ1n) is 20.4. The van der Waals surface area contributed by atoms with Gasteiger partial charge in [0, 0.05) is 49.9 Å². The van der Waals surface area contributed by atoms with Gasteiger partial charge in [-0.3, -0.25) is 0 Å². The maximum absolute atomic E-state index is 5.82. The molecule has 2 N–H and O–H groups in total.